The zero-order valence-electron chi connectivity index (χ0n) is 40.3. The number of nitrogens with one attached hydrogen (secondary N) is 2. The summed E-state index contributed by atoms with van der Waals surface area (Å²) in [6.45, 7) is 21.7. The van der Waals surface area contributed by atoms with Gasteiger partial charge >= 0.3 is 11.9 Å². The van der Waals surface area contributed by atoms with Crippen LogP contribution in [0.5, 0.6) is 0 Å². The Morgan fingerprint density at radius 1 is 0.844 bits per heavy atom. The number of fused-ring (bicyclic) bond motifs is 8. The van der Waals surface area contributed by atoms with Crippen LogP contribution in [0.1, 0.15) is 202 Å². The number of aliphatic hydroxyl groups is 1. The van der Waals surface area contributed by atoms with Gasteiger partial charge in [0.1, 0.15) is 17.9 Å². The van der Waals surface area contributed by atoms with Gasteiger partial charge in [0.15, 0.2) is 6.29 Å². The monoisotopic (exact) mass is 873 g/mol. The third kappa shape index (κ3) is 10.5. The van der Waals surface area contributed by atoms with Gasteiger partial charge in [-0.25, -0.2) is 14.8 Å². The van der Waals surface area contributed by atoms with E-state index in [4.69, 9.17) is 19.4 Å². The number of carbonyl (C=O) groups is 3. The van der Waals surface area contributed by atoms with Gasteiger partial charge in [0.2, 0.25) is 0 Å². The number of allylic oxidation sites excluding steroid dienone is 5. The third-order valence-electron chi connectivity index (χ3n) is 14.2. The molecule has 4 aliphatic rings. The number of carbonyl (C=O) groups excluding carboxylic acids is 3. The summed E-state index contributed by atoms with van der Waals surface area (Å²) in [5.41, 5.74) is 11.9. The van der Waals surface area contributed by atoms with Gasteiger partial charge in [-0.1, -0.05) is 92.1 Å². The molecule has 3 aliphatic heterocycles. The lowest BCUT2D eigenvalue weighted by atomic mass is 9.85. The molecule has 8 bridgehead atoms. The van der Waals surface area contributed by atoms with Crippen LogP contribution in [0, 0.1) is 24.7 Å². The number of aromatic amines is 2. The lowest BCUT2D eigenvalue weighted by Crippen LogP contribution is -2.12. The summed E-state index contributed by atoms with van der Waals surface area (Å²) in [4.78, 5) is 56.7. The second kappa shape index (κ2) is 21.2. The molecular formula is C54H72N4O6. The molecule has 0 radical (unpaired) electrons. The molecule has 0 aromatic carbocycles. The first-order valence-corrected chi connectivity index (χ1v) is 23.8. The average Bonchev–Trinajstić information content (AvgIpc) is 3.99. The number of aromatic nitrogens is 4. The van der Waals surface area contributed by atoms with Crippen molar-refractivity contribution in [3.63, 3.8) is 0 Å². The van der Waals surface area contributed by atoms with Gasteiger partial charge in [-0.05, 0) is 118 Å². The van der Waals surface area contributed by atoms with E-state index in [2.05, 4.69) is 58.4 Å². The second-order valence-corrected chi connectivity index (χ2v) is 19.3. The van der Waals surface area contributed by atoms with E-state index in [1.54, 1.807) is 0 Å². The Balaban J connectivity index is 1.23. The summed E-state index contributed by atoms with van der Waals surface area (Å²) in [6.07, 6.45) is 15.4. The van der Waals surface area contributed by atoms with Gasteiger partial charge in [0.25, 0.3) is 0 Å². The van der Waals surface area contributed by atoms with Crippen molar-refractivity contribution in [3.8, 4) is 0 Å². The zero-order chi connectivity index (χ0) is 46.4. The van der Waals surface area contributed by atoms with Gasteiger partial charge < -0.3 is 24.5 Å². The van der Waals surface area contributed by atoms with E-state index in [1.807, 2.05) is 45.0 Å². The van der Waals surface area contributed by atoms with E-state index >= 15 is 0 Å². The molecule has 0 saturated heterocycles. The molecule has 5 heterocycles. The molecule has 2 aromatic rings. The minimum Gasteiger partial charge on any atom is -0.506 e. The van der Waals surface area contributed by atoms with Gasteiger partial charge in [-0.15, -0.1) is 0 Å². The van der Waals surface area contributed by atoms with Crippen molar-refractivity contribution >= 4 is 62.9 Å². The van der Waals surface area contributed by atoms with Gasteiger partial charge in [-0.3, -0.25) is 9.59 Å². The Morgan fingerprint density at radius 3 is 2.16 bits per heavy atom. The quantitative estimate of drug-likeness (QED) is 0.0677. The van der Waals surface area contributed by atoms with E-state index in [0.717, 1.165) is 82.3 Å². The Morgan fingerprint density at radius 2 is 1.50 bits per heavy atom. The Kier molecular flexibility index (Phi) is 15.9. The number of aldehydes is 1. The molecule has 10 nitrogen and oxygen atoms in total. The van der Waals surface area contributed by atoms with Crippen molar-refractivity contribution in [2.75, 3.05) is 13.7 Å². The van der Waals surface area contributed by atoms with Crippen molar-refractivity contribution in [1.82, 2.24) is 19.9 Å². The molecule has 0 spiro atoms. The standard InChI is InChI=1S/C54H72N4O6/c1-12-38-34(7)42-27-46-40(29-59)36(9)41(56-46)26-43-35(8)39(51(57-43)49-50(54(62)63-11)53(61)48-37(10)44(58-52(48)49)28-45(38)55-42)22-23-47(60)64-25-24-33(6)21-15-20-32(5)19-14-18-31(4)17-13-16-30(2)3/h24,26-32,35,39,57-58,61H,12-23,25H2,1-11H3/b33-24+,43-26?,45-28?,46-27?,51-49?/t31-,32-,35+,39+/m1/s1. The first kappa shape index (κ1) is 48.2. The SMILES string of the molecule is CCC1=C(C)c2cc3nc(cc4[nH]c(c5c6[nH]c(cc1n2)c(C)c6C(O)=C5C(=O)OC)[C@@H](CCC(=O)OC/C=C(\C)CCC[C@H](C)CCC[C@H](C)CCCC(C)C)[C@@H]4C)C(C)=C3C=O. The summed E-state index contributed by atoms with van der Waals surface area (Å²) in [5, 5.41) is 11.9. The number of hydrogen-bond acceptors (Lipinski definition) is 8. The van der Waals surface area contributed by atoms with Crippen molar-refractivity contribution in [1.29, 1.82) is 0 Å². The normalized spacial score (nSPS) is 17.7. The topological polar surface area (TPSA) is 147 Å². The van der Waals surface area contributed by atoms with Crippen LogP contribution >= 0.6 is 0 Å². The highest BCUT2D eigenvalue weighted by molar-refractivity contribution is 6.30. The fourth-order valence-corrected chi connectivity index (χ4v) is 10.0. The number of ether oxygens (including phenoxy) is 2. The van der Waals surface area contributed by atoms with Gasteiger partial charge in [-0.2, -0.15) is 0 Å². The minimum absolute atomic E-state index is 0.0572. The largest absolute Gasteiger partial charge is 0.506 e. The first-order valence-electron chi connectivity index (χ1n) is 23.8. The molecule has 344 valence electrons. The second-order valence-electron chi connectivity index (χ2n) is 19.3. The molecular weight excluding hydrogens is 801 g/mol. The van der Waals surface area contributed by atoms with Crippen LogP contribution in [0.15, 0.2) is 29.8 Å². The molecule has 1 aliphatic carbocycles. The maximum Gasteiger partial charge on any atom is 0.342 e. The van der Waals surface area contributed by atoms with Crippen LogP contribution in [-0.4, -0.2) is 57.0 Å². The molecule has 6 rings (SSSR count). The van der Waals surface area contributed by atoms with Crippen molar-refractivity contribution < 1.29 is 29.0 Å². The number of esters is 2. The summed E-state index contributed by atoms with van der Waals surface area (Å²) in [7, 11) is 1.30. The third-order valence-corrected chi connectivity index (χ3v) is 14.2. The summed E-state index contributed by atoms with van der Waals surface area (Å²) >= 11 is 0. The number of hydrogen-bond donors (Lipinski definition) is 3. The first-order chi connectivity index (χ1) is 30.6. The number of aryl methyl sites for hydroxylation is 1. The smallest absolute Gasteiger partial charge is 0.342 e. The van der Waals surface area contributed by atoms with E-state index in [1.165, 1.54) is 57.6 Å². The molecule has 0 fully saturated rings. The fourth-order valence-electron chi connectivity index (χ4n) is 10.0. The van der Waals surface area contributed by atoms with Crippen LogP contribution in [0.3, 0.4) is 0 Å². The minimum atomic E-state index is -0.668. The van der Waals surface area contributed by atoms with Crippen LogP contribution in [0.25, 0.3) is 44.7 Å². The number of aliphatic hydroxyl groups excluding tert-OH is 1. The van der Waals surface area contributed by atoms with Crippen LogP contribution in [0.2, 0.25) is 0 Å². The highest BCUT2D eigenvalue weighted by atomic mass is 16.5. The average molecular weight is 873 g/mol. The highest BCUT2D eigenvalue weighted by Crippen LogP contribution is 2.49. The molecule has 2 aromatic heterocycles. The molecule has 0 unspecified atom stereocenters. The fraction of sp³-hybridized carbons (Fsp3) is 0.537. The van der Waals surface area contributed by atoms with E-state index in [-0.39, 0.29) is 42.2 Å². The lowest BCUT2D eigenvalue weighted by Gasteiger charge is -2.18. The predicted octanol–water partition coefficient (Wildman–Crippen LogP) is 13.3. The summed E-state index contributed by atoms with van der Waals surface area (Å²) in [5.74, 6) is 0.728. The zero-order valence-corrected chi connectivity index (χ0v) is 40.3. The van der Waals surface area contributed by atoms with Crippen LogP contribution in [-0.2, 0) is 23.9 Å². The Bertz CT molecular complexity index is 2460. The van der Waals surface area contributed by atoms with E-state index in [9.17, 15) is 19.5 Å². The number of rotatable bonds is 20. The van der Waals surface area contributed by atoms with E-state index < -0.39 is 5.97 Å². The Labute approximate surface area is 380 Å². The van der Waals surface area contributed by atoms with Crippen LogP contribution < -0.4 is 0 Å². The predicted molar refractivity (Wildman–Crippen MR) is 260 cm³/mol. The molecule has 64 heavy (non-hydrogen) atoms. The van der Waals surface area contributed by atoms with Crippen LogP contribution in [0.4, 0.5) is 0 Å². The number of methoxy groups -OCH3 is 1. The molecule has 4 atom stereocenters. The highest BCUT2D eigenvalue weighted by Gasteiger charge is 2.39. The summed E-state index contributed by atoms with van der Waals surface area (Å²) in [6, 6.07) is 5.81. The summed E-state index contributed by atoms with van der Waals surface area (Å²) < 4.78 is 11.1. The van der Waals surface area contributed by atoms with Crippen molar-refractivity contribution in [2.45, 2.75) is 158 Å². The maximum atomic E-state index is 13.6. The Hall–Kier alpha value is -5.25. The molecule has 0 amide bonds. The van der Waals surface area contributed by atoms with E-state index in [0.29, 0.717) is 51.6 Å². The molecule has 10 heteroatoms. The van der Waals surface area contributed by atoms with Gasteiger partial charge in [0.05, 0.1) is 35.4 Å². The number of H-pyrrole nitrogens is 2. The van der Waals surface area contributed by atoms with Crippen molar-refractivity contribution in [2.24, 2.45) is 17.8 Å². The molecule has 0 saturated carbocycles. The number of nitrogens with zero attached hydrogens (tertiary/aromatic N) is 2. The van der Waals surface area contributed by atoms with Crippen molar-refractivity contribution in [3.05, 3.63) is 80.7 Å². The lowest BCUT2D eigenvalue weighted by molar-refractivity contribution is -0.142. The maximum absolute atomic E-state index is 13.6. The molecule has 3 N–H and O–H groups in total. The van der Waals surface area contributed by atoms with Gasteiger partial charge in [0, 0.05) is 51.9 Å².